The zero-order valence-corrected chi connectivity index (χ0v) is 16.2. The number of carbonyl (C=O) groups excluding carboxylic acids is 1. The van der Waals surface area contributed by atoms with Gasteiger partial charge in [-0.05, 0) is 24.6 Å². The van der Waals surface area contributed by atoms with Gasteiger partial charge in [-0.15, -0.1) is 11.3 Å². The number of nitrogens with one attached hydrogen (secondary N) is 1. The van der Waals surface area contributed by atoms with Crippen LogP contribution in [0.3, 0.4) is 0 Å². The average Bonchev–Trinajstić information content (AvgIpc) is 3.04. The zero-order valence-electron chi connectivity index (χ0n) is 15.4. The highest BCUT2D eigenvalue weighted by Crippen LogP contribution is 2.42. The number of fused-ring (bicyclic) bond motifs is 1. The van der Waals surface area contributed by atoms with Crippen molar-refractivity contribution in [3.8, 4) is 17.2 Å². The Morgan fingerprint density at radius 1 is 1.14 bits per heavy atom. The lowest BCUT2D eigenvalue weighted by molar-refractivity contribution is 0.103. The Bertz CT molecular complexity index is 1270. The van der Waals surface area contributed by atoms with E-state index in [0.717, 1.165) is 22.5 Å². The summed E-state index contributed by atoms with van der Waals surface area (Å²) in [7, 11) is 0. The summed E-state index contributed by atoms with van der Waals surface area (Å²) in [5.41, 5.74) is 16.0. The predicted octanol–water partition coefficient (Wildman–Crippen LogP) is 3.96. The highest BCUT2D eigenvalue weighted by atomic mass is 32.1. The molecule has 0 aliphatic heterocycles. The summed E-state index contributed by atoms with van der Waals surface area (Å²) in [5, 5.41) is 13.0. The van der Waals surface area contributed by atoms with Crippen molar-refractivity contribution in [2.45, 2.75) is 6.92 Å². The van der Waals surface area contributed by atoms with Gasteiger partial charge in [0.25, 0.3) is 5.91 Å². The van der Waals surface area contributed by atoms with Gasteiger partial charge in [-0.2, -0.15) is 5.26 Å². The number of amides is 1. The van der Waals surface area contributed by atoms with Crippen LogP contribution in [0, 0.1) is 18.3 Å². The first-order valence-corrected chi connectivity index (χ1v) is 9.51. The van der Waals surface area contributed by atoms with Gasteiger partial charge in [0.15, 0.2) is 0 Å². The van der Waals surface area contributed by atoms with Crippen LogP contribution >= 0.6 is 11.3 Å². The Hall–Kier alpha value is -3.96. The summed E-state index contributed by atoms with van der Waals surface area (Å²) in [6, 6.07) is 13.2. The fourth-order valence-electron chi connectivity index (χ4n) is 3.08. The van der Waals surface area contributed by atoms with Crippen LogP contribution in [-0.4, -0.2) is 15.9 Å². The number of pyridine rings is 2. The zero-order chi connectivity index (χ0) is 20.5. The number of nitrogens with two attached hydrogens (primary N) is 2. The van der Waals surface area contributed by atoms with Gasteiger partial charge in [0.2, 0.25) is 0 Å². The number of rotatable bonds is 3. The summed E-state index contributed by atoms with van der Waals surface area (Å²) in [6.07, 6.45) is 3.17. The highest BCUT2D eigenvalue weighted by molar-refractivity contribution is 7.21. The SMILES string of the molecule is Cc1ccc(-c2c(C#N)c(N)nc3sc(C(=O)Nc4ccncc4)c(N)c23)cc1. The van der Waals surface area contributed by atoms with Crippen LogP contribution in [-0.2, 0) is 0 Å². The third kappa shape index (κ3) is 3.24. The molecule has 0 unspecified atom stereocenters. The Kier molecular flexibility index (Phi) is 4.58. The number of benzene rings is 1. The lowest BCUT2D eigenvalue weighted by atomic mass is 9.96. The molecule has 0 saturated carbocycles. The molecule has 4 rings (SSSR count). The first kappa shape index (κ1) is 18.4. The average molecular weight is 400 g/mol. The van der Waals surface area contributed by atoms with Gasteiger partial charge < -0.3 is 16.8 Å². The van der Waals surface area contributed by atoms with E-state index in [2.05, 4.69) is 21.4 Å². The number of hydrogen-bond donors (Lipinski definition) is 3. The van der Waals surface area contributed by atoms with Gasteiger partial charge >= 0.3 is 0 Å². The maximum absolute atomic E-state index is 12.8. The fraction of sp³-hybridized carbons (Fsp3) is 0.0476. The predicted molar refractivity (Wildman–Crippen MR) is 116 cm³/mol. The summed E-state index contributed by atoms with van der Waals surface area (Å²) in [5.74, 6) is -0.249. The van der Waals surface area contributed by atoms with E-state index >= 15 is 0 Å². The van der Waals surface area contributed by atoms with Gasteiger partial charge in [-0.1, -0.05) is 29.8 Å². The Balaban J connectivity index is 1.92. The lowest BCUT2D eigenvalue weighted by Crippen LogP contribution is -2.11. The van der Waals surface area contributed by atoms with E-state index in [1.165, 1.54) is 0 Å². The van der Waals surface area contributed by atoms with Crippen molar-refractivity contribution in [2.75, 3.05) is 16.8 Å². The standard InChI is InChI=1S/C21H16N6OS/c1-11-2-4-12(5-3-11)15-14(10-22)19(24)27-21-16(15)17(23)18(29-21)20(28)26-13-6-8-25-9-7-13/h2-9H,23H2,1H3,(H2,24,27)(H,25,26,28). The van der Waals surface area contributed by atoms with Crippen molar-refractivity contribution >= 4 is 44.7 Å². The van der Waals surface area contributed by atoms with Gasteiger partial charge in [0.05, 0.1) is 5.69 Å². The second-order valence-corrected chi connectivity index (χ2v) is 7.44. The topological polar surface area (TPSA) is 131 Å². The van der Waals surface area contributed by atoms with E-state index in [1.54, 1.807) is 24.5 Å². The summed E-state index contributed by atoms with van der Waals surface area (Å²) in [4.78, 5) is 21.9. The van der Waals surface area contributed by atoms with Gasteiger partial charge in [0, 0.05) is 29.0 Å². The molecule has 8 heteroatoms. The molecule has 0 atom stereocenters. The Morgan fingerprint density at radius 3 is 2.48 bits per heavy atom. The number of carbonyl (C=O) groups is 1. The van der Waals surface area contributed by atoms with E-state index in [-0.39, 0.29) is 23.0 Å². The number of aromatic nitrogens is 2. The maximum atomic E-state index is 12.8. The highest BCUT2D eigenvalue weighted by Gasteiger charge is 2.24. The third-order valence-electron chi connectivity index (χ3n) is 4.50. The van der Waals surface area contributed by atoms with Crippen LogP contribution in [0.15, 0.2) is 48.8 Å². The number of aryl methyl sites for hydroxylation is 1. The van der Waals surface area contributed by atoms with Crippen molar-refractivity contribution in [1.29, 1.82) is 5.26 Å². The van der Waals surface area contributed by atoms with Crippen molar-refractivity contribution in [3.05, 3.63) is 64.8 Å². The lowest BCUT2D eigenvalue weighted by Gasteiger charge is -2.10. The van der Waals surface area contributed by atoms with Crippen LogP contribution in [0.2, 0.25) is 0 Å². The van der Waals surface area contributed by atoms with Crippen LogP contribution in [0.1, 0.15) is 20.8 Å². The van der Waals surface area contributed by atoms with Crippen LogP contribution in [0.25, 0.3) is 21.3 Å². The maximum Gasteiger partial charge on any atom is 0.267 e. The monoisotopic (exact) mass is 400 g/mol. The first-order valence-electron chi connectivity index (χ1n) is 8.69. The molecule has 5 N–H and O–H groups in total. The number of thiophene rings is 1. The van der Waals surface area contributed by atoms with Gasteiger partial charge in [-0.25, -0.2) is 4.98 Å². The van der Waals surface area contributed by atoms with E-state index in [0.29, 0.717) is 26.3 Å². The van der Waals surface area contributed by atoms with E-state index in [4.69, 9.17) is 11.5 Å². The first-order chi connectivity index (χ1) is 14.0. The quantitative estimate of drug-likeness (QED) is 0.477. The smallest absolute Gasteiger partial charge is 0.267 e. The molecule has 0 saturated heterocycles. The molecule has 29 heavy (non-hydrogen) atoms. The van der Waals surface area contributed by atoms with Crippen LogP contribution in [0.4, 0.5) is 17.2 Å². The molecule has 0 radical (unpaired) electrons. The molecule has 0 bridgehead atoms. The minimum absolute atomic E-state index is 0.109. The molecule has 7 nitrogen and oxygen atoms in total. The molecule has 142 valence electrons. The molecule has 0 aliphatic rings. The number of nitriles is 1. The fourth-order valence-corrected chi connectivity index (χ4v) is 4.09. The number of nitrogens with zero attached hydrogens (tertiary/aromatic N) is 3. The largest absolute Gasteiger partial charge is 0.397 e. The molecule has 1 amide bonds. The summed E-state index contributed by atoms with van der Waals surface area (Å²) >= 11 is 1.14. The molecule has 3 heterocycles. The second-order valence-electron chi connectivity index (χ2n) is 6.44. The minimum Gasteiger partial charge on any atom is -0.397 e. The van der Waals surface area contributed by atoms with Gasteiger partial charge in [0.1, 0.15) is 27.2 Å². The Morgan fingerprint density at radius 2 is 1.83 bits per heavy atom. The molecule has 0 spiro atoms. The van der Waals surface area contributed by atoms with E-state index in [1.807, 2.05) is 31.2 Å². The van der Waals surface area contributed by atoms with Crippen LogP contribution < -0.4 is 16.8 Å². The summed E-state index contributed by atoms with van der Waals surface area (Å²) < 4.78 is 0. The normalized spacial score (nSPS) is 10.6. The summed E-state index contributed by atoms with van der Waals surface area (Å²) in [6.45, 7) is 1.98. The van der Waals surface area contributed by atoms with Crippen molar-refractivity contribution in [2.24, 2.45) is 0 Å². The molecular formula is C21H16N6OS. The minimum atomic E-state index is -0.358. The van der Waals surface area contributed by atoms with Crippen molar-refractivity contribution < 1.29 is 4.79 Å². The van der Waals surface area contributed by atoms with Gasteiger partial charge in [-0.3, -0.25) is 9.78 Å². The molecule has 4 aromatic rings. The number of anilines is 3. The number of hydrogen-bond acceptors (Lipinski definition) is 7. The van der Waals surface area contributed by atoms with Crippen LogP contribution in [0.5, 0.6) is 0 Å². The Labute approximate surface area is 170 Å². The van der Waals surface area contributed by atoms with Crippen molar-refractivity contribution in [3.63, 3.8) is 0 Å². The third-order valence-corrected chi connectivity index (χ3v) is 5.60. The molecule has 0 aliphatic carbocycles. The second kappa shape index (κ2) is 7.22. The molecular weight excluding hydrogens is 384 g/mol. The molecule has 0 fully saturated rings. The van der Waals surface area contributed by atoms with E-state index < -0.39 is 0 Å². The number of nitrogen functional groups attached to an aromatic ring is 2. The van der Waals surface area contributed by atoms with E-state index in [9.17, 15) is 10.1 Å². The van der Waals surface area contributed by atoms with Crippen molar-refractivity contribution in [1.82, 2.24) is 9.97 Å². The molecule has 3 aromatic heterocycles. The molecule has 1 aromatic carbocycles.